The number of ketones is 1. The first-order valence-electron chi connectivity index (χ1n) is 12.5. The van der Waals surface area contributed by atoms with Crippen molar-refractivity contribution in [3.8, 4) is 5.75 Å². The lowest BCUT2D eigenvalue weighted by Crippen LogP contribution is -2.43. The van der Waals surface area contributed by atoms with E-state index in [9.17, 15) is 24.3 Å². The van der Waals surface area contributed by atoms with Crippen molar-refractivity contribution in [2.24, 2.45) is 5.73 Å². The summed E-state index contributed by atoms with van der Waals surface area (Å²) in [5.74, 6) is -3.71. The molecule has 1 unspecified atom stereocenters. The molecule has 0 saturated heterocycles. The molecule has 39 heavy (non-hydrogen) atoms. The third-order valence-corrected chi connectivity index (χ3v) is 6.30. The maximum atomic E-state index is 13.2. The molecule has 0 aliphatic carbocycles. The maximum Gasteiger partial charge on any atom is 0.372 e. The molecule has 2 atom stereocenters. The van der Waals surface area contributed by atoms with Crippen LogP contribution in [0, 0.1) is 0 Å². The number of rotatable bonds is 14. The minimum atomic E-state index is -1.56. The second-order valence-electron chi connectivity index (χ2n) is 9.10. The van der Waals surface area contributed by atoms with E-state index in [1.165, 1.54) is 0 Å². The average Bonchev–Trinajstić information content (AvgIpc) is 2.94. The number of nitrogens with one attached hydrogen (secondary N) is 2. The highest BCUT2D eigenvalue weighted by molar-refractivity contribution is 6.33. The summed E-state index contributed by atoms with van der Waals surface area (Å²) in [4.78, 5) is 53.5. The number of benzene rings is 1. The van der Waals surface area contributed by atoms with E-state index in [4.69, 9.17) is 15.6 Å². The number of hydrogen-bond acceptors (Lipinski definition) is 9. The van der Waals surface area contributed by atoms with E-state index < -0.39 is 36.4 Å². The highest BCUT2D eigenvalue weighted by atomic mass is 16.5. The molecule has 0 radical (unpaired) electrons. The summed E-state index contributed by atoms with van der Waals surface area (Å²) in [6, 6.07) is 7.88. The minimum absolute atomic E-state index is 0.0987. The predicted molar refractivity (Wildman–Crippen MR) is 142 cm³/mol. The Kier molecular flexibility index (Phi) is 10.5. The summed E-state index contributed by atoms with van der Waals surface area (Å²) in [7, 11) is 1.67. The largest absolute Gasteiger partial charge is 0.491 e. The molecule has 0 spiro atoms. The van der Waals surface area contributed by atoms with Crippen molar-refractivity contribution >= 4 is 29.3 Å². The van der Waals surface area contributed by atoms with Crippen LogP contribution >= 0.6 is 0 Å². The first-order valence-corrected chi connectivity index (χ1v) is 12.5. The maximum absolute atomic E-state index is 13.2. The van der Waals surface area contributed by atoms with Gasteiger partial charge in [-0.15, -0.1) is 0 Å². The van der Waals surface area contributed by atoms with Gasteiger partial charge in [0.2, 0.25) is 11.7 Å². The van der Waals surface area contributed by atoms with Crippen molar-refractivity contribution in [1.29, 1.82) is 0 Å². The molecule has 6 N–H and O–H groups in total. The van der Waals surface area contributed by atoms with Crippen LogP contribution in [0.25, 0.3) is 0 Å². The van der Waals surface area contributed by atoms with Gasteiger partial charge in [0.1, 0.15) is 12.4 Å². The number of nitrogens with two attached hydrogens (primary N) is 1. The predicted octanol–water partition coefficient (Wildman–Crippen LogP) is 1.02. The summed E-state index contributed by atoms with van der Waals surface area (Å²) in [6.45, 7) is 1.02. The van der Waals surface area contributed by atoms with Crippen LogP contribution in [0.4, 0.5) is 5.69 Å². The van der Waals surface area contributed by atoms with Gasteiger partial charge < -0.3 is 36.2 Å². The summed E-state index contributed by atoms with van der Waals surface area (Å²) < 4.78 is 5.95. The first kappa shape index (κ1) is 29.3. The Morgan fingerprint density at radius 2 is 1.90 bits per heavy atom. The zero-order valence-corrected chi connectivity index (χ0v) is 21.6. The van der Waals surface area contributed by atoms with E-state index in [1.807, 2.05) is 18.2 Å². The Bertz CT molecular complexity index is 1220. The summed E-state index contributed by atoms with van der Waals surface area (Å²) in [5.41, 5.74) is 8.50. The molecule has 208 valence electrons. The monoisotopic (exact) mass is 539 g/mol. The molecular formula is C27H33N5O7. The van der Waals surface area contributed by atoms with Crippen molar-refractivity contribution < 1.29 is 34.1 Å². The fourth-order valence-corrected chi connectivity index (χ4v) is 4.11. The van der Waals surface area contributed by atoms with E-state index in [0.717, 1.165) is 12.2 Å². The molecule has 1 aliphatic heterocycles. The van der Waals surface area contributed by atoms with E-state index >= 15 is 0 Å². The van der Waals surface area contributed by atoms with E-state index in [-0.39, 0.29) is 31.1 Å². The first-order chi connectivity index (χ1) is 18.7. The molecule has 12 heteroatoms. The number of Topliss-reactive ketones (excluding diaryl/α,β-unsaturated/α-hetero) is 1. The molecule has 1 aromatic heterocycles. The van der Waals surface area contributed by atoms with Gasteiger partial charge in [0.15, 0.2) is 0 Å². The zero-order chi connectivity index (χ0) is 28.4. The van der Waals surface area contributed by atoms with Gasteiger partial charge >= 0.3 is 11.9 Å². The quantitative estimate of drug-likeness (QED) is 0.171. The van der Waals surface area contributed by atoms with E-state index in [0.29, 0.717) is 29.7 Å². The molecule has 0 bridgehead atoms. The van der Waals surface area contributed by atoms with Crippen molar-refractivity contribution in [2.75, 3.05) is 31.6 Å². The lowest BCUT2D eigenvalue weighted by Gasteiger charge is -2.29. The Labute approximate surface area is 225 Å². The Balaban J connectivity index is 1.75. The molecule has 0 saturated carbocycles. The summed E-state index contributed by atoms with van der Waals surface area (Å²) >= 11 is 0. The molecule has 12 nitrogen and oxygen atoms in total. The minimum Gasteiger partial charge on any atom is -0.491 e. The Morgan fingerprint density at radius 3 is 2.56 bits per heavy atom. The number of carboxylic acid groups (broad SMARTS) is 2. The SMILES string of the molecule is CNC(N)c1ccc(CC(=O)C(=O)O)c(OC[C@@H](CCC(=O)O)NC(=O)C2=CCCN(c3ccncc3)C2)c1. The van der Waals surface area contributed by atoms with Crippen LogP contribution in [0.5, 0.6) is 5.75 Å². The third-order valence-electron chi connectivity index (χ3n) is 6.30. The molecule has 3 rings (SSSR count). The number of aliphatic carboxylic acids is 2. The molecule has 2 heterocycles. The highest BCUT2D eigenvalue weighted by Gasteiger charge is 2.23. The number of carboxylic acids is 2. The highest BCUT2D eigenvalue weighted by Crippen LogP contribution is 2.25. The molecule has 2 aromatic rings. The number of anilines is 1. The van der Waals surface area contributed by atoms with Crippen LogP contribution in [0.2, 0.25) is 0 Å². The van der Waals surface area contributed by atoms with Gasteiger partial charge in [-0.05, 0) is 43.7 Å². The standard InChI is InChI=1S/C27H33N5O7/c1-29-25(28)18-5-4-17(13-22(33)27(37)38)23(14-18)39-16-20(6-7-24(34)35)31-26(36)19-3-2-12-32(15-19)21-8-10-30-11-9-21/h3-5,8-11,14,20,25,29H,2,6-7,12-13,15-16,28H2,1H3,(H,31,36)(H,34,35)(H,37,38)/t20-,25?/m1/s1. The number of carbonyl (C=O) groups is 4. The summed E-state index contributed by atoms with van der Waals surface area (Å²) in [5, 5.41) is 24.0. The lowest BCUT2D eigenvalue weighted by atomic mass is 10.0. The van der Waals surface area contributed by atoms with Crippen LogP contribution in [0.15, 0.2) is 54.4 Å². The number of pyridine rings is 1. The molecule has 1 aromatic carbocycles. The lowest BCUT2D eigenvalue weighted by molar-refractivity contribution is -0.148. The molecule has 0 fully saturated rings. The van der Waals surface area contributed by atoms with Crippen molar-refractivity contribution in [3.05, 3.63) is 65.5 Å². The Morgan fingerprint density at radius 1 is 1.15 bits per heavy atom. The third kappa shape index (κ3) is 8.62. The van der Waals surface area contributed by atoms with Crippen LogP contribution in [-0.2, 0) is 25.6 Å². The normalized spacial score (nSPS) is 14.6. The van der Waals surface area contributed by atoms with Gasteiger partial charge in [-0.3, -0.25) is 19.4 Å². The number of ether oxygens (including phenoxy) is 1. The number of carbonyl (C=O) groups excluding carboxylic acids is 2. The van der Waals surface area contributed by atoms with Gasteiger partial charge in [-0.25, -0.2) is 4.79 Å². The number of hydrogen-bond donors (Lipinski definition) is 5. The van der Waals surface area contributed by atoms with Crippen LogP contribution in [-0.4, -0.2) is 71.6 Å². The van der Waals surface area contributed by atoms with E-state index in [2.05, 4.69) is 20.5 Å². The van der Waals surface area contributed by atoms with Gasteiger partial charge in [-0.2, -0.15) is 0 Å². The smallest absolute Gasteiger partial charge is 0.372 e. The second-order valence-corrected chi connectivity index (χ2v) is 9.10. The van der Waals surface area contributed by atoms with Crippen molar-refractivity contribution in [2.45, 2.75) is 37.9 Å². The molecule has 1 aliphatic rings. The number of aromatic nitrogens is 1. The van der Waals surface area contributed by atoms with Gasteiger partial charge in [0.05, 0.1) is 12.2 Å². The van der Waals surface area contributed by atoms with E-state index in [1.54, 1.807) is 37.6 Å². The molecule has 1 amide bonds. The van der Waals surface area contributed by atoms with Crippen molar-refractivity contribution in [1.82, 2.24) is 15.6 Å². The molecular weight excluding hydrogens is 506 g/mol. The van der Waals surface area contributed by atoms with Crippen LogP contribution < -0.4 is 26.0 Å². The van der Waals surface area contributed by atoms with Gasteiger partial charge in [0.25, 0.3) is 0 Å². The summed E-state index contributed by atoms with van der Waals surface area (Å²) in [6.07, 6.45) is 4.85. The van der Waals surface area contributed by atoms with Crippen molar-refractivity contribution in [3.63, 3.8) is 0 Å². The average molecular weight is 540 g/mol. The Hall–Kier alpha value is -4.29. The topological polar surface area (TPSA) is 184 Å². The second kappa shape index (κ2) is 14.0. The van der Waals surface area contributed by atoms with Gasteiger partial charge in [-0.1, -0.05) is 18.2 Å². The fourth-order valence-electron chi connectivity index (χ4n) is 4.11. The zero-order valence-electron chi connectivity index (χ0n) is 21.6. The fraction of sp³-hybridized carbons (Fsp3) is 0.370. The van der Waals surface area contributed by atoms with Crippen LogP contribution in [0.1, 0.15) is 36.6 Å². The number of nitrogens with zero attached hydrogens (tertiary/aromatic N) is 2. The van der Waals surface area contributed by atoms with Gasteiger partial charge in [0, 0.05) is 55.1 Å². The number of amides is 1. The van der Waals surface area contributed by atoms with Crippen LogP contribution in [0.3, 0.4) is 0 Å².